The van der Waals surface area contributed by atoms with Crippen molar-refractivity contribution in [3.63, 3.8) is 0 Å². The van der Waals surface area contributed by atoms with Crippen LogP contribution in [0, 0.1) is 12.7 Å². The van der Waals surface area contributed by atoms with Crippen LogP contribution in [0.1, 0.15) is 12.7 Å². The van der Waals surface area contributed by atoms with E-state index in [-0.39, 0.29) is 11.7 Å². The van der Waals surface area contributed by atoms with E-state index in [1.54, 1.807) is 29.6 Å². The maximum absolute atomic E-state index is 13.7. The summed E-state index contributed by atoms with van der Waals surface area (Å²) in [6.07, 6.45) is -0.871. The van der Waals surface area contributed by atoms with Crippen LogP contribution < -0.4 is 10.1 Å². The molecule has 0 aliphatic rings. The largest absolute Gasteiger partial charge is 0.478 e. The summed E-state index contributed by atoms with van der Waals surface area (Å²) < 4.78 is 20.8. The van der Waals surface area contributed by atoms with Crippen LogP contribution in [-0.2, 0) is 4.79 Å². The molecule has 0 saturated carbocycles. The van der Waals surface area contributed by atoms with Crippen LogP contribution in [0.4, 0.5) is 10.1 Å². The number of hydrogen-bond acceptors (Lipinski definition) is 5. The highest BCUT2D eigenvalue weighted by Gasteiger charge is 2.17. The van der Waals surface area contributed by atoms with Crippen molar-refractivity contribution in [2.75, 3.05) is 5.32 Å². The van der Waals surface area contributed by atoms with Gasteiger partial charge in [0.25, 0.3) is 5.91 Å². The van der Waals surface area contributed by atoms with Crippen molar-refractivity contribution in [1.82, 2.24) is 19.8 Å². The molecule has 0 aliphatic carbocycles. The number of ether oxygens (including phenoxy) is 1. The molecule has 7 nitrogen and oxygen atoms in total. The fourth-order valence-electron chi connectivity index (χ4n) is 2.83. The number of nitrogens with one attached hydrogen (secondary N) is 1. The number of aromatic nitrogens is 4. The number of nitrogens with zero attached hydrogens (tertiary/aromatic N) is 4. The van der Waals surface area contributed by atoms with Gasteiger partial charge in [-0.15, -0.1) is 10.2 Å². The van der Waals surface area contributed by atoms with E-state index in [9.17, 15) is 9.18 Å². The smallest absolute Gasteiger partial charge is 0.265 e. The number of hydrogen-bond donors (Lipinski definition) is 1. The first-order valence-electron chi connectivity index (χ1n) is 9.03. The van der Waals surface area contributed by atoms with Crippen molar-refractivity contribution in [3.05, 3.63) is 72.3 Å². The Hall–Kier alpha value is -3.81. The molecule has 0 radical (unpaired) electrons. The number of carbonyl (C=O) groups excluding carboxylic acids is 1. The van der Waals surface area contributed by atoms with Crippen molar-refractivity contribution in [2.45, 2.75) is 20.0 Å². The second kappa shape index (κ2) is 7.67. The number of fused-ring (bicyclic) bond motifs is 1. The highest BCUT2D eigenvalue weighted by atomic mass is 19.1. The van der Waals surface area contributed by atoms with Crippen LogP contribution >= 0.6 is 0 Å². The second-order valence-electron chi connectivity index (χ2n) is 6.50. The minimum atomic E-state index is -0.871. The molecule has 0 aliphatic heterocycles. The summed E-state index contributed by atoms with van der Waals surface area (Å²) in [5.41, 5.74) is 2.78. The fourth-order valence-corrected chi connectivity index (χ4v) is 2.83. The molecule has 0 saturated heterocycles. The molecule has 4 rings (SSSR count). The molecular weight excluding hydrogens is 373 g/mol. The molecule has 1 N–H and O–H groups in total. The SMILES string of the molecule is Cc1nnc2ccc(-c3cccc(NC(=O)C(C)Oc4ccccc4F)c3)nn12. The number of rotatable bonds is 5. The third-order valence-corrected chi connectivity index (χ3v) is 4.35. The van der Waals surface area contributed by atoms with Crippen molar-refractivity contribution in [3.8, 4) is 17.0 Å². The van der Waals surface area contributed by atoms with E-state index in [0.29, 0.717) is 22.9 Å². The lowest BCUT2D eigenvalue weighted by atomic mass is 10.1. The molecule has 29 heavy (non-hydrogen) atoms. The minimum absolute atomic E-state index is 0.0331. The Kier molecular flexibility index (Phi) is 4.90. The van der Waals surface area contributed by atoms with E-state index in [0.717, 1.165) is 5.56 Å². The monoisotopic (exact) mass is 391 g/mol. The van der Waals surface area contributed by atoms with E-state index in [1.165, 1.54) is 12.1 Å². The van der Waals surface area contributed by atoms with Gasteiger partial charge < -0.3 is 10.1 Å². The van der Waals surface area contributed by atoms with Crippen LogP contribution in [0.3, 0.4) is 0 Å². The van der Waals surface area contributed by atoms with E-state index in [2.05, 4.69) is 20.6 Å². The predicted octanol–water partition coefficient (Wildman–Crippen LogP) is 3.64. The molecule has 1 atom stereocenters. The van der Waals surface area contributed by atoms with Crippen LogP contribution in [0.2, 0.25) is 0 Å². The highest BCUT2D eigenvalue weighted by Crippen LogP contribution is 2.22. The number of aryl methyl sites for hydroxylation is 1. The molecule has 8 heteroatoms. The van der Waals surface area contributed by atoms with Crippen molar-refractivity contribution >= 4 is 17.2 Å². The Balaban J connectivity index is 1.51. The van der Waals surface area contributed by atoms with Gasteiger partial charge in [0.15, 0.2) is 29.1 Å². The zero-order chi connectivity index (χ0) is 20.4. The first-order valence-corrected chi connectivity index (χ1v) is 9.03. The third-order valence-electron chi connectivity index (χ3n) is 4.35. The zero-order valence-electron chi connectivity index (χ0n) is 15.8. The topological polar surface area (TPSA) is 81.4 Å². The summed E-state index contributed by atoms with van der Waals surface area (Å²) >= 11 is 0. The van der Waals surface area contributed by atoms with Gasteiger partial charge >= 0.3 is 0 Å². The van der Waals surface area contributed by atoms with Crippen LogP contribution in [0.15, 0.2) is 60.7 Å². The summed E-state index contributed by atoms with van der Waals surface area (Å²) in [7, 11) is 0. The lowest BCUT2D eigenvalue weighted by Gasteiger charge is -2.15. The lowest BCUT2D eigenvalue weighted by molar-refractivity contribution is -0.122. The molecule has 1 amide bonds. The average molecular weight is 391 g/mol. The molecule has 0 spiro atoms. The molecular formula is C21H18FN5O2. The normalized spacial score (nSPS) is 12.0. The number of anilines is 1. The Morgan fingerprint density at radius 3 is 2.76 bits per heavy atom. The van der Waals surface area contributed by atoms with Gasteiger partial charge in [-0.2, -0.15) is 9.61 Å². The highest BCUT2D eigenvalue weighted by molar-refractivity contribution is 5.94. The fraction of sp³-hybridized carbons (Fsp3) is 0.143. The summed E-state index contributed by atoms with van der Waals surface area (Å²) in [6.45, 7) is 3.39. The number of amides is 1. The van der Waals surface area contributed by atoms with Crippen LogP contribution in [0.5, 0.6) is 5.75 Å². The molecule has 4 aromatic rings. The van der Waals surface area contributed by atoms with Crippen molar-refractivity contribution < 1.29 is 13.9 Å². The summed E-state index contributed by atoms with van der Waals surface area (Å²) in [5.74, 6) is -0.181. The number of benzene rings is 2. The molecule has 2 aromatic heterocycles. The first kappa shape index (κ1) is 18.5. The maximum atomic E-state index is 13.7. The van der Waals surface area contributed by atoms with E-state index >= 15 is 0 Å². The minimum Gasteiger partial charge on any atom is -0.478 e. The third kappa shape index (κ3) is 3.91. The summed E-state index contributed by atoms with van der Waals surface area (Å²) in [6, 6.07) is 16.9. The number of para-hydroxylation sites is 1. The zero-order valence-corrected chi connectivity index (χ0v) is 15.8. The van der Waals surface area contributed by atoms with Gasteiger partial charge in [0, 0.05) is 11.3 Å². The van der Waals surface area contributed by atoms with Crippen molar-refractivity contribution in [1.29, 1.82) is 0 Å². The molecule has 2 aromatic carbocycles. The molecule has 0 fully saturated rings. The average Bonchev–Trinajstić information content (AvgIpc) is 3.10. The molecule has 1 unspecified atom stereocenters. The van der Waals surface area contributed by atoms with Gasteiger partial charge in [-0.3, -0.25) is 4.79 Å². The van der Waals surface area contributed by atoms with E-state index in [4.69, 9.17) is 4.74 Å². The van der Waals surface area contributed by atoms with Crippen LogP contribution in [0.25, 0.3) is 16.9 Å². The van der Waals surface area contributed by atoms with Gasteiger partial charge in [-0.05, 0) is 50.2 Å². The lowest BCUT2D eigenvalue weighted by Crippen LogP contribution is -2.30. The Labute approximate surface area is 166 Å². The van der Waals surface area contributed by atoms with E-state index < -0.39 is 11.9 Å². The van der Waals surface area contributed by atoms with E-state index in [1.807, 2.05) is 37.3 Å². The second-order valence-corrected chi connectivity index (χ2v) is 6.50. The Morgan fingerprint density at radius 2 is 1.93 bits per heavy atom. The number of halogens is 1. The Morgan fingerprint density at radius 1 is 1.10 bits per heavy atom. The number of carbonyl (C=O) groups is 1. The summed E-state index contributed by atoms with van der Waals surface area (Å²) in [5, 5.41) is 15.4. The predicted molar refractivity (Wildman–Crippen MR) is 106 cm³/mol. The van der Waals surface area contributed by atoms with Gasteiger partial charge in [0.05, 0.1) is 5.69 Å². The molecule has 146 valence electrons. The first-order chi connectivity index (χ1) is 14.0. The maximum Gasteiger partial charge on any atom is 0.265 e. The van der Waals surface area contributed by atoms with Crippen LogP contribution in [-0.4, -0.2) is 31.8 Å². The van der Waals surface area contributed by atoms with Gasteiger partial charge in [-0.25, -0.2) is 4.39 Å². The van der Waals surface area contributed by atoms with Gasteiger partial charge in [0.2, 0.25) is 0 Å². The Bertz CT molecular complexity index is 1190. The summed E-state index contributed by atoms with van der Waals surface area (Å²) in [4.78, 5) is 12.5. The van der Waals surface area contributed by atoms with Gasteiger partial charge in [0.1, 0.15) is 0 Å². The molecule has 0 bridgehead atoms. The standard InChI is InChI=1S/C21H18FN5O2/c1-13(29-19-9-4-3-8-17(19)22)21(28)23-16-7-5-6-15(12-16)18-10-11-20-25-24-14(2)27(20)26-18/h3-13H,1-2H3,(H,23,28). The van der Waals surface area contributed by atoms with Crippen molar-refractivity contribution in [2.24, 2.45) is 0 Å². The quantitative estimate of drug-likeness (QED) is 0.562. The molecule has 2 heterocycles. The van der Waals surface area contributed by atoms with Gasteiger partial charge in [-0.1, -0.05) is 24.3 Å².